The molecule has 1 atom stereocenters. The molecule has 0 amide bonds. The zero-order chi connectivity index (χ0) is 25.1. The summed E-state index contributed by atoms with van der Waals surface area (Å²) in [5.41, 5.74) is 1.95. The van der Waals surface area contributed by atoms with Crippen LogP contribution in [0.4, 0.5) is 0 Å². The summed E-state index contributed by atoms with van der Waals surface area (Å²) in [6.45, 7) is 14.8. The van der Waals surface area contributed by atoms with Gasteiger partial charge in [0.25, 0.3) is 0 Å². The Morgan fingerprint density at radius 1 is 1.15 bits per heavy atom. The minimum absolute atomic E-state index is 0.0277. The number of aromatic carboxylic acids is 2. The first-order valence-electron chi connectivity index (χ1n) is 10.7. The SMILES string of the molecule is Cc1c(B2OCC(C)(C)C(C)(C)O2)cnn1CC(C)O.Cc1c(C(=O)O)cccc1C(=O)O. The largest absolute Gasteiger partial charge is 0.497 e. The fourth-order valence-electron chi connectivity index (χ4n) is 3.30. The van der Waals surface area contributed by atoms with Crippen LogP contribution in [0.3, 0.4) is 0 Å². The van der Waals surface area contributed by atoms with E-state index in [1.807, 2.05) is 6.92 Å². The van der Waals surface area contributed by atoms with Gasteiger partial charge in [-0.3, -0.25) is 4.68 Å². The van der Waals surface area contributed by atoms with Gasteiger partial charge >= 0.3 is 19.1 Å². The molecule has 1 unspecified atom stereocenters. The predicted molar refractivity (Wildman–Crippen MR) is 124 cm³/mol. The molecule has 1 aromatic heterocycles. The van der Waals surface area contributed by atoms with Crippen molar-refractivity contribution in [3.63, 3.8) is 0 Å². The van der Waals surface area contributed by atoms with Crippen molar-refractivity contribution in [3.8, 4) is 0 Å². The van der Waals surface area contributed by atoms with Crippen LogP contribution in [0.2, 0.25) is 0 Å². The maximum absolute atomic E-state index is 10.6. The number of carbonyl (C=O) groups is 2. The molecule has 2 aromatic rings. The third-order valence-corrected chi connectivity index (χ3v) is 6.25. The molecule has 33 heavy (non-hydrogen) atoms. The minimum Gasteiger partial charge on any atom is -0.478 e. The van der Waals surface area contributed by atoms with E-state index in [4.69, 9.17) is 19.5 Å². The van der Waals surface area contributed by atoms with Crippen LogP contribution in [0.1, 0.15) is 66.6 Å². The Balaban J connectivity index is 0.000000257. The van der Waals surface area contributed by atoms with Crippen LogP contribution in [0, 0.1) is 19.3 Å². The summed E-state index contributed by atoms with van der Waals surface area (Å²) in [7, 11) is -0.388. The van der Waals surface area contributed by atoms with E-state index in [1.165, 1.54) is 25.1 Å². The van der Waals surface area contributed by atoms with Crippen molar-refractivity contribution in [1.82, 2.24) is 9.78 Å². The average Bonchev–Trinajstić information content (AvgIpc) is 3.04. The number of benzene rings is 1. The highest BCUT2D eigenvalue weighted by molar-refractivity contribution is 6.62. The van der Waals surface area contributed by atoms with Crippen LogP contribution in [0.15, 0.2) is 24.4 Å². The number of aliphatic hydroxyl groups is 1. The number of hydrogen-bond acceptors (Lipinski definition) is 6. The zero-order valence-corrected chi connectivity index (χ0v) is 20.2. The third-order valence-electron chi connectivity index (χ3n) is 6.25. The average molecular weight is 460 g/mol. The second-order valence-electron chi connectivity index (χ2n) is 9.46. The lowest BCUT2D eigenvalue weighted by molar-refractivity contribution is -0.0937. The van der Waals surface area contributed by atoms with Crippen LogP contribution < -0.4 is 5.46 Å². The molecule has 9 nitrogen and oxygen atoms in total. The second kappa shape index (κ2) is 10.1. The molecule has 0 saturated carbocycles. The van der Waals surface area contributed by atoms with Gasteiger partial charge in [0.05, 0.1) is 29.4 Å². The lowest BCUT2D eigenvalue weighted by Gasteiger charge is -2.47. The van der Waals surface area contributed by atoms with Crippen molar-refractivity contribution in [2.24, 2.45) is 5.41 Å². The molecule has 0 radical (unpaired) electrons. The first-order chi connectivity index (χ1) is 15.2. The molecule has 2 heterocycles. The van der Waals surface area contributed by atoms with Crippen LogP contribution in [-0.2, 0) is 15.9 Å². The Hall–Kier alpha value is -2.69. The van der Waals surface area contributed by atoms with Gasteiger partial charge in [0.2, 0.25) is 0 Å². The summed E-state index contributed by atoms with van der Waals surface area (Å²) in [6.07, 6.45) is 1.35. The van der Waals surface area contributed by atoms with Crippen LogP contribution in [-0.4, -0.2) is 62.5 Å². The summed E-state index contributed by atoms with van der Waals surface area (Å²) >= 11 is 0. The summed E-state index contributed by atoms with van der Waals surface area (Å²) in [5.74, 6) is -2.22. The molecule has 180 valence electrons. The fraction of sp³-hybridized carbons (Fsp3) is 0.522. The van der Waals surface area contributed by atoms with Crippen molar-refractivity contribution in [2.45, 2.75) is 66.7 Å². The Morgan fingerprint density at radius 2 is 1.70 bits per heavy atom. The zero-order valence-electron chi connectivity index (χ0n) is 20.2. The van der Waals surface area contributed by atoms with E-state index in [1.54, 1.807) is 17.8 Å². The summed E-state index contributed by atoms with van der Waals surface area (Å²) in [6, 6.07) is 4.17. The predicted octanol–water partition coefficient (Wildman–Crippen LogP) is 2.51. The van der Waals surface area contributed by atoms with E-state index in [2.05, 4.69) is 32.8 Å². The highest BCUT2D eigenvalue weighted by atomic mass is 16.6. The lowest BCUT2D eigenvalue weighted by atomic mass is 9.69. The second-order valence-corrected chi connectivity index (χ2v) is 9.46. The molecule has 1 saturated heterocycles. The van der Waals surface area contributed by atoms with Crippen molar-refractivity contribution in [2.75, 3.05) is 6.61 Å². The summed E-state index contributed by atoms with van der Waals surface area (Å²) in [4.78, 5) is 21.2. The molecule has 1 aliphatic rings. The number of rotatable bonds is 5. The minimum atomic E-state index is -1.11. The molecule has 3 rings (SSSR count). The smallest absolute Gasteiger partial charge is 0.478 e. The molecule has 0 spiro atoms. The van der Waals surface area contributed by atoms with Gasteiger partial charge < -0.3 is 24.6 Å². The number of carboxylic acids is 2. The first kappa shape index (κ1) is 26.6. The number of carboxylic acid groups (broad SMARTS) is 2. The van der Waals surface area contributed by atoms with Gasteiger partial charge in [-0.25, -0.2) is 9.59 Å². The number of aliphatic hydroxyl groups excluding tert-OH is 1. The van der Waals surface area contributed by atoms with Gasteiger partial charge in [0, 0.05) is 29.4 Å². The van der Waals surface area contributed by atoms with Crippen LogP contribution in [0.25, 0.3) is 0 Å². The molecule has 10 heteroatoms. The van der Waals surface area contributed by atoms with E-state index in [0.717, 1.165) is 11.2 Å². The highest BCUT2D eigenvalue weighted by Gasteiger charge is 2.47. The summed E-state index contributed by atoms with van der Waals surface area (Å²) in [5, 5.41) is 31.1. The van der Waals surface area contributed by atoms with Gasteiger partial charge in [-0.2, -0.15) is 5.10 Å². The Morgan fingerprint density at radius 3 is 2.15 bits per heavy atom. The maximum atomic E-state index is 10.6. The lowest BCUT2D eigenvalue weighted by Crippen LogP contribution is -2.58. The van der Waals surface area contributed by atoms with Crippen LogP contribution >= 0.6 is 0 Å². The monoisotopic (exact) mass is 460 g/mol. The fourth-order valence-corrected chi connectivity index (χ4v) is 3.30. The van der Waals surface area contributed by atoms with Crippen molar-refractivity contribution in [1.29, 1.82) is 0 Å². The Bertz CT molecular complexity index is 982. The standard InChI is InChI=1S/C14H25BN2O3.C9H8O4/c1-10(18)8-17-11(2)12(7-16-17)15-19-9-13(3,4)14(5,6)20-15;1-5-6(8(10)11)3-2-4-7(5)9(12)13/h7,10,18H,8-9H2,1-6H3;2-4H,1H3,(H,10,11)(H,12,13). The van der Waals surface area contributed by atoms with Gasteiger partial charge in [0.1, 0.15) is 0 Å². The highest BCUT2D eigenvalue weighted by Crippen LogP contribution is 2.38. The Labute approximate surface area is 194 Å². The molecular weight excluding hydrogens is 427 g/mol. The molecular formula is C23H33BN2O7. The van der Waals surface area contributed by atoms with Gasteiger partial charge in [-0.05, 0) is 52.3 Å². The van der Waals surface area contributed by atoms with E-state index in [0.29, 0.717) is 13.2 Å². The molecule has 0 bridgehead atoms. The number of nitrogens with zero attached hydrogens (tertiary/aromatic N) is 2. The van der Waals surface area contributed by atoms with Crippen molar-refractivity contribution < 1.29 is 34.2 Å². The van der Waals surface area contributed by atoms with Gasteiger partial charge in [-0.1, -0.05) is 19.9 Å². The normalized spacial score (nSPS) is 17.6. The Kier molecular flexibility index (Phi) is 8.11. The number of hydrogen-bond donors (Lipinski definition) is 3. The molecule has 1 aliphatic heterocycles. The summed E-state index contributed by atoms with van der Waals surface area (Å²) < 4.78 is 13.8. The maximum Gasteiger partial charge on any atom is 0.497 e. The molecule has 1 fully saturated rings. The van der Waals surface area contributed by atoms with E-state index < -0.39 is 18.0 Å². The van der Waals surface area contributed by atoms with E-state index in [9.17, 15) is 14.7 Å². The van der Waals surface area contributed by atoms with Gasteiger partial charge in [-0.15, -0.1) is 0 Å². The van der Waals surface area contributed by atoms with Crippen molar-refractivity contribution >= 4 is 24.5 Å². The van der Waals surface area contributed by atoms with Gasteiger partial charge in [0.15, 0.2) is 0 Å². The number of aromatic nitrogens is 2. The third kappa shape index (κ3) is 6.01. The topological polar surface area (TPSA) is 131 Å². The molecule has 0 aliphatic carbocycles. The quantitative estimate of drug-likeness (QED) is 0.581. The van der Waals surface area contributed by atoms with Crippen LogP contribution in [0.5, 0.6) is 0 Å². The van der Waals surface area contributed by atoms with E-state index >= 15 is 0 Å². The van der Waals surface area contributed by atoms with E-state index in [-0.39, 0.29) is 34.8 Å². The first-order valence-corrected chi connectivity index (χ1v) is 10.7. The molecule has 1 aromatic carbocycles. The molecule has 3 N–H and O–H groups in total. The van der Waals surface area contributed by atoms with Crippen molar-refractivity contribution in [3.05, 3.63) is 46.8 Å².